The summed E-state index contributed by atoms with van der Waals surface area (Å²) in [5.74, 6) is 1.10. The van der Waals surface area contributed by atoms with E-state index in [-0.39, 0.29) is 0 Å². The molecule has 0 aliphatic carbocycles. The van der Waals surface area contributed by atoms with Gasteiger partial charge in [0, 0.05) is 38.1 Å². The van der Waals surface area contributed by atoms with Gasteiger partial charge < -0.3 is 9.73 Å². The number of hydrogen-bond donors (Lipinski definition) is 1. The van der Waals surface area contributed by atoms with E-state index in [1.54, 1.807) is 6.26 Å². The second-order valence-electron chi connectivity index (χ2n) is 5.07. The summed E-state index contributed by atoms with van der Waals surface area (Å²) in [5.41, 5.74) is 0. The van der Waals surface area contributed by atoms with Crippen molar-refractivity contribution in [3.05, 3.63) is 24.2 Å². The predicted molar refractivity (Wildman–Crippen MR) is 70.1 cm³/mol. The van der Waals surface area contributed by atoms with Gasteiger partial charge >= 0.3 is 0 Å². The van der Waals surface area contributed by atoms with Crippen LogP contribution in [0.1, 0.15) is 32.4 Å². The number of hydrogen-bond acceptors (Lipinski definition) is 3. The van der Waals surface area contributed by atoms with Crippen LogP contribution in [-0.2, 0) is 6.42 Å². The second-order valence-corrected chi connectivity index (χ2v) is 5.07. The van der Waals surface area contributed by atoms with Gasteiger partial charge in [-0.25, -0.2) is 0 Å². The van der Waals surface area contributed by atoms with Crippen molar-refractivity contribution in [3.8, 4) is 0 Å². The summed E-state index contributed by atoms with van der Waals surface area (Å²) >= 11 is 0. The minimum absolute atomic E-state index is 0.637. The van der Waals surface area contributed by atoms with Crippen LogP contribution in [0.5, 0.6) is 0 Å². The zero-order valence-electron chi connectivity index (χ0n) is 11.0. The fraction of sp³-hybridized carbons (Fsp3) is 0.714. The first-order valence-corrected chi connectivity index (χ1v) is 6.79. The molecule has 3 nitrogen and oxygen atoms in total. The summed E-state index contributed by atoms with van der Waals surface area (Å²) in [6.45, 7) is 7.96. The highest BCUT2D eigenvalue weighted by Crippen LogP contribution is 2.12. The minimum Gasteiger partial charge on any atom is -0.469 e. The Hall–Kier alpha value is -0.800. The van der Waals surface area contributed by atoms with Crippen LogP contribution in [-0.4, -0.2) is 36.6 Å². The summed E-state index contributed by atoms with van der Waals surface area (Å²) < 4.78 is 5.39. The van der Waals surface area contributed by atoms with Crippen molar-refractivity contribution >= 4 is 0 Å². The van der Waals surface area contributed by atoms with Gasteiger partial charge in [-0.15, -0.1) is 0 Å². The van der Waals surface area contributed by atoms with Gasteiger partial charge in [0.2, 0.25) is 0 Å². The smallest absolute Gasteiger partial charge is 0.105 e. The van der Waals surface area contributed by atoms with E-state index in [1.807, 2.05) is 6.07 Å². The Morgan fingerprint density at radius 3 is 3.12 bits per heavy atom. The molecular weight excluding hydrogens is 212 g/mol. The quantitative estimate of drug-likeness (QED) is 0.850. The molecule has 96 valence electrons. The third-order valence-electron chi connectivity index (χ3n) is 3.64. The lowest BCUT2D eigenvalue weighted by molar-refractivity contribution is 0.136. The predicted octanol–water partition coefficient (Wildman–Crippen LogP) is 2.28. The van der Waals surface area contributed by atoms with Gasteiger partial charge in [0.1, 0.15) is 5.76 Å². The summed E-state index contributed by atoms with van der Waals surface area (Å²) in [6.07, 6.45) is 5.33. The maximum atomic E-state index is 5.39. The zero-order chi connectivity index (χ0) is 12.1. The lowest BCUT2D eigenvalue weighted by Gasteiger charge is -2.38. The van der Waals surface area contributed by atoms with E-state index in [9.17, 15) is 0 Å². The molecule has 2 atom stereocenters. The first-order chi connectivity index (χ1) is 8.29. The van der Waals surface area contributed by atoms with Crippen molar-refractivity contribution in [2.45, 2.75) is 45.2 Å². The minimum atomic E-state index is 0.637. The average Bonchev–Trinajstić information content (AvgIpc) is 2.83. The topological polar surface area (TPSA) is 28.4 Å². The Morgan fingerprint density at radius 1 is 1.53 bits per heavy atom. The lowest BCUT2D eigenvalue weighted by atomic mass is 10.1. The van der Waals surface area contributed by atoms with Crippen LogP contribution >= 0.6 is 0 Å². The van der Waals surface area contributed by atoms with Crippen molar-refractivity contribution in [1.82, 2.24) is 10.2 Å². The maximum absolute atomic E-state index is 5.39. The van der Waals surface area contributed by atoms with Gasteiger partial charge in [-0.2, -0.15) is 0 Å². The summed E-state index contributed by atoms with van der Waals surface area (Å²) in [4.78, 5) is 2.58. The van der Waals surface area contributed by atoms with E-state index in [0.717, 1.165) is 25.3 Å². The van der Waals surface area contributed by atoms with E-state index in [0.29, 0.717) is 12.1 Å². The summed E-state index contributed by atoms with van der Waals surface area (Å²) in [5, 5.41) is 3.63. The first kappa shape index (κ1) is 12.7. The van der Waals surface area contributed by atoms with E-state index in [1.165, 1.54) is 19.4 Å². The Bertz CT molecular complexity index is 310. The van der Waals surface area contributed by atoms with E-state index in [2.05, 4.69) is 30.1 Å². The normalized spacial score (nSPS) is 26.2. The summed E-state index contributed by atoms with van der Waals surface area (Å²) in [6, 6.07) is 5.35. The average molecular weight is 236 g/mol. The van der Waals surface area contributed by atoms with Crippen LogP contribution in [0.25, 0.3) is 0 Å². The molecule has 1 saturated heterocycles. The SMILES string of the molecule is CCCC1CN(CCc2ccco2)C(C)CN1. The maximum Gasteiger partial charge on any atom is 0.105 e. The van der Waals surface area contributed by atoms with Crippen molar-refractivity contribution in [2.75, 3.05) is 19.6 Å². The van der Waals surface area contributed by atoms with Crippen molar-refractivity contribution < 1.29 is 4.42 Å². The molecule has 2 unspecified atom stereocenters. The Kier molecular flexibility index (Phi) is 4.63. The molecular formula is C14H24N2O. The van der Waals surface area contributed by atoms with Crippen molar-refractivity contribution in [1.29, 1.82) is 0 Å². The van der Waals surface area contributed by atoms with Crippen LogP contribution in [0, 0.1) is 0 Å². The fourth-order valence-electron chi connectivity index (χ4n) is 2.56. The number of furan rings is 1. The molecule has 1 N–H and O–H groups in total. The fourth-order valence-corrected chi connectivity index (χ4v) is 2.56. The van der Waals surface area contributed by atoms with Crippen LogP contribution in [0.15, 0.2) is 22.8 Å². The standard InChI is InChI=1S/C14H24N2O/c1-3-5-13-11-16(12(2)10-15-13)8-7-14-6-4-9-17-14/h4,6,9,12-13,15H,3,5,7-8,10-11H2,1-2H3. The molecule has 0 bridgehead atoms. The van der Waals surface area contributed by atoms with E-state index < -0.39 is 0 Å². The highest BCUT2D eigenvalue weighted by Gasteiger charge is 2.23. The Labute approximate surface area is 104 Å². The van der Waals surface area contributed by atoms with E-state index in [4.69, 9.17) is 4.42 Å². The third kappa shape index (κ3) is 3.58. The largest absolute Gasteiger partial charge is 0.469 e. The lowest BCUT2D eigenvalue weighted by Crippen LogP contribution is -2.55. The Balaban J connectivity index is 1.81. The molecule has 1 fully saturated rings. The van der Waals surface area contributed by atoms with Gasteiger partial charge in [0.05, 0.1) is 6.26 Å². The van der Waals surface area contributed by atoms with Gasteiger partial charge in [0.15, 0.2) is 0 Å². The molecule has 0 amide bonds. The molecule has 1 aliphatic heterocycles. The van der Waals surface area contributed by atoms with E-state index >= 15 is 0 Å². The van der Waals surface area contributed by atoms with Gasteiger partial charge in [-0.1, -0.05) is 13.3 Å². The summed E-state index contributed by atoms with van der Waals surface area (Å²) in [7, 11) is 0. The molecule has 3 heteroatoms. The molecule has 17 heavy (non-hydrogen) atoms. The molecule has 1 aromatic heterocycles. The van der Waals surface area contributed by atoms with Crippen LogP contribution in [0.3, 0.4) is 0 Å². The van der Waals surface area contributed by atoms with Crippen molar-refractivity contribution in [2.24, 2.45) is 0 Å². The highest BCUT2D eigenvalue weighted by molar-refractivity contribution is 4.99. The molecule has 0 spiro atoms. The van der Waals surface area contributed by atoms with Crippen LogP contribution in [0.2, 0.25) is 0 Å². The molecule has 0 aromatic carbocycles. The van der Waals surface area contributed by atoms with Crippen LogP contribution < -0.4 is 5.32 Å². The molecule has 1 aliphatic rings. The first-order valence-electron chi connectivity index (χ1n) is 6.79. The molecule has 2 heterocycles. The number of piperazine rings is 1. The number of rotatable bonds is 5. The molecule has 1 aromatic rings. The highest BCUT2D eigenvalue weighted by atomic mass is 16.3. The molecule has 2 rings (SSSR count). The molecule has 0 saturated carbocycles. The molecule has 0 radical (unpaired) electrons. The second kappa shape index (κ2) is 6.22. The third-order valence-corrected chi connectivity index (χ3v) is 3.64. The van der Waals surface area contributed by atoms with Crippen molar-refractivity contribution in [3.63, 3.8) is 0 Å². The monoisotopic (exact) mass is 236 g/mol. The zero-order valence-corrected chi connectivity index (χ0v) is 11.0. The van der Waals surface area contributed by atoms with Gasteiger partial charge in [-0.05, 0) is 25.5 Å². The van der Waals surface area contributed by atoms with Crippen LogP contribution in [0.4, 0.5) is 0 Å². The number of nitrogens with zero attached hydrogens (tertiary/aromatic N) is 1. The van der Waals surface area contributed by atoms with Gasteiger partial charge in [-0.3, -0.25) is 4.90 Å². The number of nitrogens with one attached hydrogen (secondary N) is 1. The Morgan fingerprint density at radius 2 is 2.41 bits per heavy atom. The van der Waals surface area contributed by atoms with Gasteiger partial charge in [0.25, 0.3) is 0 Å².